The van der Waals surface area contributed by atoms with Crippen LogP contribution in [0, 0.1) is 17.8 Å². The van der Waals surface area contributed by atoms with Gasteiger partial charge in [-0.3, -0.25) is 9.59 Å². The van der Waals surface area contributed by atoms with Crippen molar-refractivity contribution in [1.82, 2.24) is 45.3 Å². The molecule has 0 bridgehead atoms. The van der Waals surface area contributed by atoms with Crippen molar-refractivity contribution in [2.75, 3.05) is 47.9 Å². The molecule has 4 heterocycles. The second-order valence-corrected chi connectivity index (χ2v) is 17.5. The molecule has 0 radical (unpaired) electrons. The first-order valence-corrected chi connectivity index (χ1v) is 21.4. The Morgan fingerprint density at radius 1 is 0.710 bits per heavy atom. The normalized spacial score (nSPS) is 18.7. The number of aromatic amines is 2. The first kappa shape index (κ1) is 43.9. The van der Waals surface area contributed by atoms with E-state index in [2.05, 4.69) is 86.2 Å². The Balaban J connectivity index is 1.04. The molecule has 4 amide bonds. The van der Waals surface area contributed by atoms with Crippen molar-refractivity contribution in [3.63, 3.8) is 0 Å². The minimum Gasteiger partial charge on any atom is -0.453 e. The number of benzene rings is 3. The lowest BCUT2D eigenvalue weighted by Gasteiger charge is -2.30. The van der Waals surface area contributed by atoms with Gasteiger partial charge in [0.1, 0.15) is 23.7 Å². The number of hydrogen-bond donors (Lipinski definition) is 4. The molecule has 15 heteroatoms. The number of hydrogen-bond acceptors (Lipinski definition) is 9. The first-order chi connectivity index (χ1) is 29.7. The van der Waals surface area contributed by atoms with Gasteiger partial charge in [0.25, 0.3) is 0 Å². The van der Waals surface area contributed by atoms with Crippen molar-refractivity contribution in [2.45, 2.75) is 71.1 Å². The highest BCUT2D eigenvalue weighted by atomic mass is 16.5. The molecule has 4 N–H and O–H groups in total. The fourth-order valence-corrected chi connectivity index (χ4v) is 8.89. The van der Waals surface area contributed by atoms with Crippen LogP contribution < -0.4 is 10.6 Å². The minimum absolute atomic E-state index is 0.108. The van der Waals surface area contributed by atoms with Gasteiger partial charge in [0, 0.05) is 25.2 Å². The number of alkyl carbamates (subject to hydrolysis) is 2. The van der Waals surface area contributed by atoms with Gasteiger partial charge < -0.3 is 44.8 Å². The predicted octanol–water partition coefficient (Wildman–Crippen LogP) is 7.16. The summed E-state index contributed by atoms with van der Waals surface area (Å²) in [6.07, 6.45) is 4.78. The Kier molecular flexibility index (Phi) is 13.3. The van der Waals surface area contributed by atoms with Gasteiger partial charge in [0.05, 0.1) is 50.1 Å². The average Bonchev–Trinajstić information content (AvgIpc) is 4.10. The number of amides is 4. The number of nitrogens with one attached hydrogen (secondary N) is 4. The number of carbonyl (C=O) groups excluding carboxylic acids is 4. The van der Waals surface area contributed by atoms with E-state index in [9.17, 15) is 19.2 Å². The summed E-state index contributed by atoms with van der Waals surface area (Å²) in [6, 6.07) is 19.3. The molecule has 1 unspecified atom stereocenters. The largest absolute Gasteiger partial charge is 0.453 e. The second kappa shape index (κ2) is 18.8. The highest BCUT2D eigenvalue weighted by Crippen LogP contribution is 2.37. The summed E-state index contributed by atoms with van der Waals surface area (Å²) in [6.45, 7) is 9.63. The Hall–Kier alpha value is -6.22. The Bertz CT molecular complexity index is 2390. The van der Waals surface area contributed by atoms with E-state index in [4.69, 9.17) is 19.4 Å². The summed E-state index contributed by atoms with van der Waals surface area (Å²) in [5.41, 5.74) is 5.86. The SMILES string of the molecule is COC(=O)NC(C(=O)N1C[C@@H](CN(C)C)C[C@H]1c1ncc(-c2ccc(-c3ccc4cc(-c5cnc([C@@H]6CCCN6C(=O)[C@@H](NC(=O)OC)C(C)C)[nH]5)ccc4c3)cc2)[nH]1)C(C)C. The third kappa shape index (κ3) is 9.47. The molecule has 5 aromatic rings. The van der Waals surface area contributed by atoms with Gasteiger partial charge in [-0.15, -0.1) is 0 Å². The smallest absolute Gasteiger partial charge is 0.407 e. The standard InChI is InChI=1S/C47H59N9O6/c1-27(2)40(52-46(59)61-7)44(57)55-19-9-10-38(55)42-48-24-37(51-42)35-18-17-33-21-32(15-16-34(33)22-35)30-11-13-31(14-12-30)36-23-49-43(50-36)39-20-29(25-54(5)6)26-56(39)45(58)41(28(3)4)53-47(60)62-8/h11-18,21-24,27-29,38-41H,9-10,19-20,25-26H2,1-8H3,(H,48,51)(H,49,50)(H,52,59)(H,53,60)/t29-,38+,39+,40+,41?/m1/s1. The summed E-state index contributed by atoms with van der Waals surface area (Å²) >= 11 is 0. The molecule has 5 atom stereocenters. The maximum atomic E-state index is 14.0. The molecule has 3 aromatic carbocycles. The van der Waals surface area contributed by atoms with Crippen LogP contribution in [-0.2, 0) is 19.1 Å². The molecular weight excluding hydrogens is 787 g/mol. The molecule has 2 fully saturated rings. The monoisotopic (exact) mass is 845 g/mol. The summed E-state index contributed by atoms with van der Waals surface area (Å²) in [7, 11) is 6.66. The molecular formula is C47H59N9O6. The lowest BCUT2D eigenvalue weighted by atomic mass is 9.98. The minimum atomic E-state index is -0.719. The van der Waals surface area contributed by atoms with Crippen LogP contribution in [0.5, 0.6) is 0 Å². The van der Waals surface area contributed by atoms with E-state index in [0.29, 0.717) is 13.1 Å². The Labute approximate surface area is 363 Å². The van der Waals surface area contributed by atoms with E-state index in [1.807, 2.05) is 64.0 Å². The maximum absolute atomic E-state index is 14.0. The molecule has 0 spiro atoms. The van der Waals surface area contributed by atoms with Gasteiger partial charge in [-0.1, -0.05) is 76.2 Å². The molecule has 2 saturated heterocycles. The summed E-state index contributed by atoms with van der Waals surface area (Å²) < 4.78 is 9.60. The number of nitrogens with zero attached hydrogens (tertiary/aromatic N) is 5. The van der Waals surface area contributed by atoms with Crippen molar-refractivity contribution in [3.05, 3.63) is 84.7 Å². The highest BCUT2D eigenvalue weighted by molar-refractivity contribution is 5.91. The number of methoxy groups -OCH3 is 2. The first-order valence-electron chi connectivity index (χ1n) is 21.4. The van der Waals surface area contributed by atoms with Crippen LogP contribution in [0.25, 0.3) is 44.4 Å². The topological polar surface area (TPSA) is 178 Å². The van der Waals surface area contributed by atoms with Crippen molar-refractivity contribution < 1.29 is 28.7 Å². The van der Waals surface area contributed by atoms with E-state index in [0.717, 1.165) is 81.9 Å². The van der Waals surface area contributed by atoms with Crippen LogP contribution in [0.2, 0.25) is 0 Å². The molecule has 2 aliphatic rings. The van der Waals surface area contributed by atoms with E-state index in [1.54, 1.807) is 0 Å². The molecule has 2 aliphatic heterocycles. The number of aromatic nitrogens is 4. The fourth-order valence-electron chi connectivity index (χ4n) is 8.89. The van der Waals surface area contributed by atoms with E-state index < -0.39 is 24.3 Å². The zero-order valence-electron chi connectivity index (χ0n) is 36.9. The zero-order chi connectivity index (χ0) is 44.2. The molecule has 328 valence electrons. The van der Waals surface area contributed by atoms with Crippen LogP contribution in [0.15, 0.2) is 73.1 Å². The van der Waals surface area contributed by atoms with Gasteiger partial charge in [0.2, 0.25) is 11.8 Å². The van der Waals surface area contributed by atoms with Gasteiger partial charge in [-0.25, -0.2) is 19.6 Å². The van der Waals surface area contributed by atoms with Crippen molar-refractivity contribution in [1.29, 1.82) is 0 Å². The van der Waals surface area contributed by atoms with E-state index in [-0.39, 0.29) is 41.7 Å². The van der Waals surface area contributed by atoms with Gasteiger partial charge in [-0.2, -0.15) is 0 Å². The fraction of sp³-hybridized carbons (Fsp3) is 0.447. The Morgan fingerprint density at radius 3 is 1.77 bits per heavy atom. The van der Waals surface area contributed by atoms with Crippen molar-refractivity contribution in [2.24, 2.45) is 17.8 Å². The number of H-pyrrole nitrogens is 2. The van der Waals surface area contributed by atoms with Gasteiger partial charge >= 0.3 is 12.2 Å². The number of rotatable bonds is 13. The molecule has 0 aliphatic carbocycles. The lowest BCUT2D eigenvalue weighted by Crippen LogP contribution is -2.51. The quantitative estimate of drug-likeness (QED) is 0.0958. The lowest BCUT2D eigenvalue weighted by molar-refractivity contribution is -0.136. The third-order valence-electron chi connectivity index (χ3n) is 12.1. The molecule has 62 heavy (non-hydrogen) atoms. The van der Waals surface area contributed by atoms with Crippen LogP contribution in [0.4, 0.5) is 9.59 Å². The third-order valence-corrected chi connectivity index (χ3v) is 12.1. The van der Waals surface area contributed by atoms with Gasteiger partial charge in [0.15, 0.2) is 0 Å². The number of likely N-dealkylation sites (tertiary alicyclic amines) is 2. The maximum Gasteiger partial charge on any atom is 0.407 e. The predicted molar refractivity (Wildman–Crippen MR) is 238 cm³/mol. The van der Waals surface area contributed by atoms with Crippen LogP contribution in [0.1, 0.15) is 70.7 Å². The summed E-state index contributed by atoms with van der Waals surface area (Å²) in [4.78, 5) is 74.1. The second-order valence-electron chi connectivity index (χ2n) is 17.5. The van der Waals surface area contributed by atoms with Gasteiger partial charge in [-0.05, 0) is 90.7 Å². The molecule has 15 nitrogen and oxygen atoms in total. The molecule has 7 rings (SSSR count). The van der Waals surface area contributed by atoms with E-state index in [1.165, 1.54) is 14.2 Å². The number of fused-ring (bicyclic) bond motifs is 1. The zero-order valence-corrected chi connectivity index (χ0v) is 36.9. The van der Waals surface area contributed by atoms with Crippen molar-refractivity contribution in [3.8, 4) is 33.6 Å². The summed E-state index contributed by atoms with van der Waals surface area (Å²) in [5, 5.41) is 7.64. The van der Waals surface area contributed by atoms with Crippen molar-refractivity contribution >= 4 is 34.8 Å². The average molecular weight is 846 g/mol. The number of imidazole rings is 2. The van der Waals surface area contributed by atoms with Crippen LogP contribution in [-0.4, -0.2) is 119 Å². The number of carbonyl (C=O) groups is 4. The summed E-state index contributed by atoms with van der Waals surface area (Å²) in [5.74, 6) is 1.18. The highest BCUT2D eigenvalue weighted by Gasteiger charge is 2.42. The van der Waals surface area contributed by atoms with E-state index >= 15 is 0 Å². The molecule has 0 saturated carbocycles. The molecule has 2 aromatic heterocycles. The van der Waals surface area contributed by atoms with Crippen LogP contribution >= 0.6 is 0 Å². The number of ether oxygens (including phenoxy) is 2. The van der Waals surface area contributed by atoms with Crippen LogP contribution in [0.3, 0.4) is 0 Å². The Morgan fingerprint density at radius 2 is 1.21 bits per heavy atom.